The Labute approximate surface area is 211 Å². The summed E-state index contributed by atoms with van der Waals surface area (Å²) in [5, 5.41) is 0. The van der Waals surface area contributed by atoms with E-state index in [0.29, 0.717) is 37.6 Å². The van der Waals surface area contributed by atoms with E-state index >= 15 is 0 Å². The van der Waals surface area contributed by atoms with E-state index in [-0.39, 0.29) is 60.9 Å². The van der Waals surface area contributed by atoms with Gasteiger partial charge < -0.3 is 9.47 Å². The Hall–Kier alpha value is -2.66. The molecule has 0 radical (unpaired) electrons. The van der Waals surface area contributed by atoms with E-state index in [4.69, 9.17) is 9.47 Å². The van der Waals surface area contributed by atoms with Gasteiger partial charge >= 0.3 is 0 Å². The highest BCUT2D eigenvalue weighted by molar-refractivity contribution is 6.24. The predicted molar refractivity (Wildman–Crippen MR) is 131 cm³/mol. The van der Waals surface area contributed by atoms with Gasteiger partial charge in [-0.25, -0.2) is 9.80 Å². The third-order valence-electron chi connectivity index (χ3n) is 7.39. The summed E-state index contributed by atoms with van der Waals surface area (Å²) in [6.07, 6.45) is 0.227. The molecule has 5 rings (SSSR count). The second kappa shape index (κ2) is 9.66. The number of hydrogen-bond acceptors (Lipinski definition) is 8. The molecule has 36 heavy (non-hydrogen) atoms. The van der Waals surface area contributed by atoms with Gasteiger partial charge in [-0.3, -0.25) is 29.0 Å². The molecular weight excluding hydrogens is 464 g/mol. The van der Waals surface area contributed by atoms with Crippen molar-refractivity contribution >= 4 is 35.0 Å². The molecule has 0 aromatic heterocycles. The van der Waals surface area contributed by atoms with Crippen molar-refractivity contribution in [1.82, 2.24) is 9.80 Å². The van der Waals surface area contributed by atoms with E-state index in [0.717, 1.165) is 0 Å². The van der Waals surface area contributed by atoms with E-state index in [9.17, 15) is 19.2 Å². The zero-order chi connectivity index (χ0) is 25.7. The van der Waals surface area contributed by atoms with Crippen LogP contribution < -0.4 is 9.80 Å². The van der Waals surface area contributed by atoms with Crippen LogP contribution in [0, 0.1) is 0 Å². The van der Waals surface area contributed by atoms with E-state index in [1.807, 2.05) is 37.5 Å². The first-order valence-corrected chi connectivity index (χ1v) is 12.7. The standard InChI is InChI=1S/C26H34N4O6/c1-15-11-27(12-16(2)35-15)21-9-23(31)29(25(21)33)19-5-7-20(8-6-19)30-24(32)10-22(26(30)34)28-13-17(3)36-18(4)14-28/h5-8,15-18,21-22H,9-14H2,1-4H3/t15-,16+,17-,18+,21-,22+. The lowest BCUT2D eigenvalue weighted by Crippen LogP contribution is -2.52. The van der Waals surface area contributed by atoms with Crippen LogP contribution in [0.1, 0.15) is 40.5 Å². The maximum Gasteiger partial charge on any atom is 0.251 e. The molecule has 1 aromatic rings. The van der Waals surface area contributed by atoms with Crippen molar-refractivity contribution in [3.05, 3.63) is 24.3 Å². The quantitative estimate of drug-likeness (QED) is 0.571. The molecule has 4 saturated heterocycles. The Bertz CT molecular complexity index is 958. The maximum absolute atomic E-state index is 13.2. The topological polar surface area (TPSA) is 99.7 Å². The summed E-state index contributed by atoms with van der Waals surface area (Å²) in [4.78, 5) is 58.6. The fourth-order valence-corrected chi connectivity index (χ4v) is 6.04. The molecule has 4 fully saturated rings. The van der Waals surface area contributed by atoms with Gasteiger partial charge in [0, 0.05) is 26.2 Å². The number of nitrogens with zero attached hydrogens (tertiary/aromatic N) is 4. The fourth-order valence-electron chi connectivity index (χ4n) is 6.04. The zero-order valence-electron chi connectivity index (χ0n) is 21.3. The van der Waals surface area contributed by atoms with Crippen molar-refractivity contribution in [2.75, 3.05) is 36.0 Å². The largest absolute Gasteiger partial charge is 0.373 e. The number of amides is 4. The van der Waals surface area contributed by atoms with E-state index in [1.54, 1.807) is 24.3 Å². The van der Waals surface area contributed by atoms with Crippen LogP contribution in [0.25, 0.3) is 0 Å². The SMILES string of the molecule is C[C@@H]1CN([C@@H]2CC(=O)N(c3ccc(N4C(=O)C[C@H](N5C[C@@H](C)O[C@@H](C)C5)C4=O)cc3)C2=O)C[C@H](C)O1. The van der Waals surface area contributed by atoms with Gasteiger partial charge in [-0.15, -0.1) is 0 Å². The summed E-state index contributed by atoms with van der Waals surface area (Å²) in [5.41, 5.74) is 0.883. The lowest BCUT2D eigenvalue weighted by Gasteiger charge is -2.37. The van der Waals surface area contributed by atoms with Gasteiger partial charge in [0.15, 0.2) is 0 Å². The van der Waals surface area contributed by atoms with Gasteiger partial charge in [0.2, 0.25) is 11.8 Å². The number of rotatable bonds is 4. The van der Waals surface area contributed by atoms with Crippen molar-refractivity contribution in [3.63, 3.8) is 0 Å². The van der Waals surface area contributed by atoms with Crippen molar-refractivity contribution in [2.24, 2.45) is 0 Å². The number of hydrogen-bond donors (Lipinski definition) is 0. The van der Waals surface area contributed by atoms with Crippen LogP contribution in [0.4, 0.5) is 11.4 Å². The smallest absolute Gasteiger partial charge is 0.251 e. The number of carbonyl (C=O) groups excluding carboxylic acids is 4. The third-order valence-corrected chi connectivity index (χ3v) is 7.39. The third kappa shape index (κ3) is 4.58. The van der Waals surface area contributed by atoms with Crippen molar-refractivity contribution in [2.45, 2.75) is 77.0 Å². The molecular formula is C26H34N4O6. The monoisotopic (exact) mass is 498 g/mol. The average Bonchev–Trinajstić information content (AvgIpc) is 3.27. The van der Waals surface area contributed by atoms with Crippen LogP contribution in [0.3, 0.4) is 0 Å². The van der Waals surface area contributed by atoms with Crippen LogP contribution in [-0.2, 0) is 28.7 Å². The molecule has 4 aliphatic heterocycles. The van der Waals surface area contributed by atoms with Gasteiger partial charge in [-0.1, -0.05) is 0 Å². The highest BCUT2D eigenvalue weighted by atomic mass is 16.5. The molecule has 6 atom stereocenters. The molecule has 10 heteroatoms. The summed E-state index contributed by atoms with van der Waals surface area (Å²) in [5.74, 6) is -1.02. The van der Waals surface area contributed by atoms with Gasteiger partial charge in [0.25, 0.3) is 11.8 Å². The van der Waals surface area contributed by atoms with Crippen molar-refractivity contribution in [3.8, 4) is 0 Å². The Morgan fingerprint density at radius 2 is 0.889 bits per heavy atom. The van der Waals surface area contributed by atoms with Crippen LogP contribution in [0.15, 0.2) is 24.3 Å². The predicted octanol–water partition coefficient (Wildman–Crippen LogP) is 1.17. The fraction of sp³-hybridized carbons (Fsp3) is 0.615. The van der Waals surface area contributed by atoms with Crippen LogP contribution in [0.5, 0.6) is 0 Å². The number of benzene rings is 1. The Morgan fingerprint density at radius 3 is 1.19 bits per heavy atom. The van der Waals surface area contributed by atoms with Crippen molar-refractivity contribution < 1.29 is 28.7 Å². The molecule has 0 saturated carbocycles. The minimum Gasteiger partial charge on any atom is -0.373 e. The van der Waals surface area contributed by atoms with Gasteiger partial charge in [0.1, 0.15) is 0 Å². The number of carbonyl (C=O) groups is 4. The molecule has 0 aliphatic carbocycles. The summed E-state index contributed by atoms with van der Waals surface area (Å²) in [7, 11) is 0. The Kier molecular flexibility index (Phi) is 6.71. The van der Waals surface area contributed by atoms with E-state index in [1.165, 1.54) is 9.80 Å². The highest BCUT2D eigenvalue weighted by Gasteiger charge is 2.46. The molecule has 0 N–H and O–H groups in total. The first-order chi connectivity index (χ1) is 17.1. The number of imide groups is 2. The normalized spacial score (nSPS) is 34.8. The molecule has 0 bridgehead atoms. The van der Waals surface area contributed by atoms with Gasteiger partial charge in [-0.05, 0) is 52.0 Å². The van der Waals surface area contributed by atoms with Crippen LogP contribution in [0.2, 0.25) is 0 Å². The molecule has 194 valence electrons. The number of morpholine rings is 2. The second-order valence-electron chi connectivity index (χ2n) is 10.5. The molecule has 1 aromatic carbocycles. The van der Waals surface area contributed by atoms with E-state index in [2.05, 4.69) is 0 Å². The molecule has 0 unspecified atom stereocenters. The summed E-state index contributed by atoms with van der Waals surface area (Å²) in [6.45, 7) is 10.3. The molecule has 4 aliphatic rings. The highest BCUT2D eigenvalue weighted by Crippen LogP contribution is 2.32. The zero-order valence-corrected chi connectivity index (χ0v) is 21.3. The van der Waals surface area contributed by atoms with Gasteiger partial charge in [0.05, 0.1) is 60.7 Å². The summed E-state index contributed by atoms with van der Waals surface area (Å²) in [6, 6.07) is 5.50. The Morgan fingerprint density at radius 1 is 0.583 bits per heavy atom. The van der Waals surface area contributed by atoms with Crippen LogP contribution >= 0.6 is 0 Å². The van der Waals surface area contributed by atoms with Crippen molar-refractivity contribution in [1.29, 1.82) is 0 Å². The second-order valence-corrected chi connectivity index (χ2v) is 10.5. The summed E-state index contributed by atoms with van der Waals surface area (Å²) >= 11 is 0. The summed E-state index contributed by atoms with van der Waals surface area (Å²) < 4.78 is 11.5. The number of ether oxygens (including phenoxy) is 2. The lowest BCUT2D eigenvalue weighted by molar-refractivity contribution is -0.128. The minimum absolute atomic E-state index is 0.00627. The molecule has 4 heterocycles. The first-order valence-electron chi connectivity index (χ1n) is 12.7. The van der Waals surface area contributed by atoms with Crippen LogP contribution in [-0.4, -0.2) is 96.1 Å². The van der Waals surface area contributed by atoms with Gasteiger partial charge in [-0.2, -0.15) is 0 Å². The number of anilines is 2. The van der Waals surface area contributed by atoms with E-state index < -0.39 is 12.1 Å². The molecule has 0 spiro atoms. The molecule has 4 amide bonds. The molecule has 10 nitrogen and oxygen atoms in total. The first kappa shape index (κ1) is 25.0. The lowest BCUT2D eigenvalue weighted by atomic mass is 10.1. The average molecular weight is 499 g/mol. The maximum atomic E-state index is 13.2. The Balaban J connectivity index is 1.30. The minimum atomic E-state index is -0.508.